The molecule has 218 valence electrons. The Morgan fingerprint density at radius 1 is 0.686 bits per heavy atom. The molecule has 0 saturated heterocycles. The molecular weight excluding hydrogens is 444 g/mol. The van der Waals surface area contributed by atoms with Crippen molar-refractivity contribution in [1.82, 2.24) is 10.6 Å². The second-order valence-electron chi connectivity index (χ2n) is 7.66. The van der Waals surface area contributed by atoms with Crippen molar-refractivity contribution in [2.24, 2.45) is 11.8 Å². The molecule has 2 atom stereocenters. The van der Waals surface area contributed by atoms with Gasteiger partial charge in [0.05, 0.1) is 13.0 Å². The topological polar surface area (TPSA) is 102 Å². The summed E-state index contributed by atoms with van der Waals surface area (Å²) in [5.41, 5.74) is 0. The molecule has 0 aliphatic heterocycles. The first-order valence-electron chi connectivity index (χ1n) is 10.8. The third-order valence-electron chi connectivity index (χ3n) is 4.45. The number of hydrogen-bond acceptors (Lipinski definition) is 5. The molecule has 0 saturated carbocycles. The van der Waals surface area contributed by atoms with Crippen LogP contribution in [0.2, 0.25) is 0 Å². The quantitative estimate of drug-likeness (QED) is 0.146. The number of carbonyl (C=O) groups is 4. The van der Waals surface area contributed by atoms with Crippen LogP contribution in [-0.2, 0) is 23.9 Å². The van der Waals surface area contributed by atoms with E-state index in [4.69, 9.17) is 4.74 Å². The SMILES string of the molecule is C.C.C.C.C.C.CCC(C)CNC(=O)CC(C)=O.CCC(C)CNC(=O)CCCCCOC(C)=O. The van der Waals surface area contributed by atoms with Crippen LogP contribution in [0.5, 0.6) is 0 Å². The van der Waals surface area contributed by atoms with Crippen molar-refractivity contribution < 1.29 is 23.9 Å². The molecule has 0 bridgehead atoms. The summed E-state index contributed by atoms with van der Waals surface area (Å²) in [5.74, 6) is 0.664. The average molecular weight is 511 g/mol. The van der Waals surface area contributed by atoms with Crippen LogP contribution in [0.25, 0.3) is 0 Å². The van der Waals surface area contributed by atoms with Crippen LogP contribution in [-0.4, -0.2) is 43.3 Å². The van der Waals surface area contributed by atoms with Crippen LogP contribution in [0, 0.1) is 11.8 Å². The zero-order chi connectivity index (χ0) is 22.7. The fourth-order valence-corrected chi connectivity index (χ4v) is 2.02. The number of esters is 1. The molecular formula is C28H66N2O5. The number of carbonyl (C=O) groups excluding carboxylic acids is 4. The molecule has 0 aliphatic rings. The van der Waals surface area contributed by atoms with E-state index < -0.39 is 0 Å². The van der Waals surface area contributed by atoms with Crippen LogP contribution in [0.15, 0.2) is 0 Å². The Bertz CT molecular complexity index is 482. The molecule has 2 unspecified atom stereocenters. The summed E-state index contributed by atoms with van der Waals surface area (Å²) in [4.78, 5) is 43.3. The van der Waals surface area contributed by atoms with E-state index in [0.29, 0.717) is 31.4 Å². The van der Waals surface area contributed by atoms with Crippen LogP contribution < -0.4 is 10.6 Å². The minimum absolute atomic E-state index is 0. The van der Waals surface area contributed by atoms with Crippen LogP contribution in [0.3, 0.4) is 0 Å². The Kier molecular flexibility index (Phi) is 56.7. The van der Waals surface area contributed by atoms with E-state index in [-0.39, 0.29) is 74.5 Å². The Balaban J connectivity index is -0.0000000615. The largest absolute Gasteiger partial charge is 0.466 e. The number of Topliss-reactive ketones (excluding diaryl/α,β-unsaturated/α-hetero) is 1. The lowest BCUT2D eigenvalue weighted by atomic mass is 10.1. The molecule has 0 radical (unpaired) electrons. The van der Waals surface area contributed by atoms with Gasteiger partial charge in [-0.1, -0.05) is 85.1 Å². The third-order valence-corrected chi connectivity index (χ3v) is 4.45. The highest BCUT2D eigenvalue weighted by Gasteiger charge is 2.06. The van der Waals surface area contributed by atoms with Crippen molar-refractivity contribution in [1.29, 1.82) is 0 Å². The van der Waals surface area contributed by atoms with E-state index in [1.807, 2.05) is 0 Å². The van der Waals surface area contributed by atoms with Gasteiger partial charge in [0.15, 0.2) is 0 Å². The maximum Gasteiger partial charge on any atom is 0.302 e. The summed E-state index contributed by atoms with van der Waals surface area (Å²) in [6.45, 7) is 13.1. The number of rotatable bonds is 14. The van der Waals surface area contributed by atoms with Crippen molar-refractivity contribution in [3.8, 4) is 0 Å². The number of nitrogens with one attached hydrogen (secondary N) is 2. The van der Waals surface area contributed by atoms with Crippen molar-refractivity contribution in [3.05, 3.63) is 0 Å². The van der Waals surface area contributed by atoms with Crippen LogP contribution in [0.4, 0.5) is 0 Å². The number of ether oxygens (including phenoxy) is 1. The molecule has 0 aromatic carbocycles. The second kappa shape index (κ2) is 36.6. The van der Waals surface area contributed by atoms with Crippen LogP contribution in [0.1, 0.15) is 131 Å². The zero-order valence-electron chi connectivity index (χ0n) is 19.3. The van der Waals surface area contributed by atoms with E-state index >= 15 is 0 Å². The molecule has 2 amide bonds. The van der Waals surface area contributed by atoms with Crippen molar-refractivity contribution in [2.75, 3.05) is 19.7 Å². The van der Waals surface area contributed by atoms with Crippen LogP contribution >= 0.6 is 0 Å². The minimum Gasteiger partial charge on any atom is -0.466 e. The molecule has 7 heteroatoms. The van der Waals surface area contributed by atoms with E-state index in [2.05, 4.69) is 38.3 Å². The summed E-state index contributed by atoms with van der Waals surface area (Å²) in [6, 6.07) is 0. The molecule has 0 aromatic heterocycles. The average Bonchev–Trinajstić information content (AvgIpc) is 2.66. The minimum atomic E-state index is -0.240. The normalized spacial score (nSPS) is 10.0. The fourth-order valence-electron chi connectivity index (χ4n) is 2.02. The van der Waals surface area contributed by atoms with Gasteiger partial charge in [-0.25, -0.2) is 0 Å². The van der Waals surface area contributed by atoms with Gasteiger partial charge in [0.25, 0.3) is 0 Å². The van der Waals surface area contributed by atoms with Gasteiger partial charge in [-0.3, -0.25) is 19.2 Å². The lowest BCUT2D eigenvalue weighted by Gasteiger charge is -2.09. The van der Waals surface area contributed by atoms with Gasteiger partial charge in [-0.15, -0.1) is 0 Å². The van der Waals surface area contributed by atoms with E-state index in [1.54, 1.807) is 0 Å². The molecule has 0 rings (SSSR count). The third kappa shape index (κ3) is 46.1. The molecule has 0 fully saturated rings. The summed E-state index contributed by atoms with van der Waals surface area (Å²) < 4.78 is 4.80. The Morgan fingerprint density at radius 2 is 1.11 bits per heavy atom. The summed E-state index contributed by atoms with van der Waals surface area (Å²) >= 11 is 0. The Hall–Kier alpha value is -1.92. The van der Waals surface area contributed by atoms with Gasteiger partial charge in [-0.2, -0.15) is 0 Å². The first-order chi connectivity index (χ1) is 13.6. The molecule has 2 N–H and O–H groups in total. The molecule has 35 heavy (non-hydrogen) atoms. The van der Waals surface area contributed by atoms with Gasteiger partial charge in [0, 0.05) is 26.4 Å². The first kappa shape index (κ1) is 54.1. The number of hydrogen-bond donors (Lipinski definition) is 2. The predicted octanol–water partition coefficient (Wildman–Crippen LogP) is 7.22. The maximum absolute atomic E-state index is 11.4. The van der Waals surface area contributed by atoms with Crippen molar-refractivity contribution in [3.63, 3.8) is 0 Å². The van der Waals surface area contributed by atoms with E-state index in [9.17, 15) is 19.2 Å². The molecule has 0 aromatic rings. The summed E-state index contributed by atoms with van der Waals surface area (Å²) in [5, 5.41) is 5.62. The Labute approximate surface area is 220 Å². The number of unbranched alkanes of at least 4 members (excludes halogenated alkanes) is 2. The Morgan fingerprint density at radius 3 is 1.49 bits per heavy atom. The van der Waals surface area contributed by atoms with Gasteiger partial charge in [0.2, 0.25) is 11.8 Å². The smallest absolute Gasteiger partial charge is 0.302 e. The summed E-state index contributed by atoms with van der Waals surface area (Å²) in [7, 11) is 0. The molecule has 0 aliphatic carbocycles. The first-order valence-corrected chi connectivity index (χ1v) is 10.8. The maximum atomic E-state index is 11.4. The highest BCUT2D eigenvalue weighted by molar-refractivity contribution is 5.96. The lowest BCUT2D eigenvalue weighted by Crippen LogP contribution is -2.29. The zero-order valence-corrected chi connectivity index (χ0v) is 19.3. The van der Waals surface area contributed by atoms with Crippen molar-refractivity contribution >= 4 is 23.6 Å². The molecule has 0 spiro atoms. The van der Waals surface area contributed by atoms with E-state index in [0.717, 1.165) is 38.6 Å². The molecule has 0 heterocycles. The highest BCUT2D eigenvalue weighted by Crippen LogP contribution is 2.02. The standard InChI is InChI=1S/C13H25NO3.C9H17NO2.6CH4/c1-4-11(2)10-14-13(16)8-6-5-7-9-17-12(3)15;1-4-7(2)6-10-9(12)5-8(3)11;;;;;;/h11H,4-10H2,1-3H3,(H,14,16);7H,4-6H2,1-3H3,(H,10,12);6*1H4. The monoisotopic (exact) mass is 510 g/mol. The lowest BCUT2D eigenvalue weighted by molar-refractivity contribution is -0.141. The predicted molar refractivity (Wildman–Crippen MR) is 156 cm³/mol. The summed E-state index contributed by atoms with van der Waals surface area (Å²) in [6.07, 6.45) is 5.31. The molecule has 7 nitrogen and oxygen atoms in total. The van der Waals surface area contributed by atoms with Gasteiger partial charge >= 0.3 is 5.97 Å². The van der Waals surface area contributed by atoms with Crippen molar-refractivity contribution in [2.45, 2.75) is 131 Å². The van der Waals surface area contributed by atoms with Gasteiger partial charge < -0.3 is 15.4 Å². The second-order valence-corrected chi connectivity index (χ2v) is 7.66. The van der Waals surface area contributed by atoms with E-state index in [1.165, 1.54) is 13.8 Å². The fraction of sp³-hybridized carbons (Fsp3) is 0.857. The van der Waals surface area contributed by atoms with Gasteiger partial charge in [0.1, 0.15) is 5.78 Å². The number of ketones is 1. The highest BCUT2D eigenvalue weighted by atomic mass is 16.5. The number of amides is 2. The van der Waals surface area contributed by atoms with Gasteiger partial charge in [-0.05, 0) is 38.0 Å².